The van der Waals surface area contributed by atoms with Crippen molar-refractivity contribution in [2.24, 2.45) is 16.7 Å². The number of anilines is 1. The molecule has 2 fully saturated rings. The van der Waals surface area contributed by atoms with Gasteiger partial charge < -0.3 is 5.73 Å². The van der Waals surface area contributed by atoms with E-state index in [1.54, 1.807) is 11.8 Å². The van der Waals surface area contributed by atoms with Gasteiger partial charge in [-0.2, -0.15) is 4.98 Å². The van der Waals surface area contributed by atoms with E-state index >= 15 is 0 Å². The van der Waals surface area contributed by atoms with Crippen LogP contribution in [0.1, 0.15) is 40.0 Å². The van der Waals surface area contributed by atoms with Crippen molar-refractivity contribution in [3.8, 4) is 0 Å². The zero-order chi connectivity index (χ0) is 12.3. The smallest absolute Gasteiger partial charge is 0.216 e. The number of aromatic amines is 1. The molecular weight excluding hydrogens is 232 g/mol. The average molecular weight is 252 g/mol. The molecule has 2 unspecified atom stereocenters. The van der Waals surface area contributed by atoms with Gasteiger partial charge in [0.1, 0.15) is 0 Å². The molecule has 17 heavy (non-hydrogen) atoms. The Hall–Kier alpha value is -0.710. The molecule has 3 atom stereocenters. The van der Waals surface area contributed by atoms with E-state index in [9.17, 15) is 0 Å². The number of rotatable bonds is 2. The summed E-state index contributed by atoms with van der Waals surface area (Å²) in [4.78, 5) is 4.21. The lowest BCUT2D eigenvalue weighted by Crippen LogP contribution is -2.33. The zero-order valence-corrected chi connectivity index (χ0v) is 11.5. The van der Waals surface area contributed by atoms with Crippen LogP contribution >= 0.6 is 11.8 Å². The Morgan fingerprint density at radius 2 is 2.18 bits per heavy atom. The van der Waals surface area contributed by atoms with E-state index in [2.05, 4.69) is 36.0 Å². The Morgan fingerprint density at radius 1 is 1.41 bits per heavy atom. The number of fused-ring (bicyclic) bond motifs is 2. The SMILES string of the molecule is CC12CC[C@H](CC1Sc1n[nH]c(N)n1)C2(C)C. The summed E-state index contributed by atoms with van der Waals surface area (Å²) in [5.74, 6) is 1.28. The molecular formula is C12H20N4S. The minimum atomic E-state index is 0.414. The third kappa shape index (κ3) is 1.44. The fourth-order valence-corrected chi connectivity index (χ4v) is 5.26. The normalized spacial score (nSPS) is 38.8. The fourth-order valence-electron chi connectivity index (χ4n) is 3.75. The van der Waals surface area contributed by atoms with Crippen molar-refractivity contribution in [2.75, 3.05) is 5.73 Å². The molecule has 3 N–H and O–H groups in total. The van der Waals surface area contributed by atoms with E-state index in [4.69, 9.17) is 5.73 Å². The van der Waals surface area contributed by atoms with Crippen LogP contribution in [0.2, 0.25) is 0 Å². The maximum Gasteiger partial charge on any atom is 0.216 e. The predicted molar refractivity (Wildman–Crippen MR) is 69.7 cm³/mol. The molecule has 2 aliphatic carbocycles. The molecule has 5 heteroatoms. The van der Waals surface area contributed by atoms with Crippen molar-refractivity contribution < 1.29 is 0 Å². The number of nitrogens with one attached hydrogen (secondary N) is 1. The number of nitrogens with zero attached hydrogens (tertiary/aromatic N) is 2. The lowest BCUT2D eigenvalue weighted by Gasteiger charge is -2.38. The topological polar surface area (TPSA) is 67.6 Å². The minimum Gasteiger partial charge on any atom is -0.368 e. The van der Waals surface area contributed by atoms with Crippen LogP contribution in [-0.2, 0) is 0 Å². The number of nitrogen functional groups attached to an aromatic ring is 1. The summed E-state index contributed by atoms with van der Waals surface area (Å²) in [5.41, 5.74) is 6.44. The summed E-state index contributed by atoms with van der Waals surface area (Å²) >= 11 is 1.80. The number of H-pyrrole nitrogens is 1. The van der Waals surface area contributed by atoms with Crippen molar-refractivity contribution >= 4 is 17.7 Å². The second-order valence-electron chi connectivity index (χ2n) is 6.22. The average Bonchev–Trinajstić information content (AvgIpc) is 2.80. The van der Waals surface area contributed by atoms with Gasteiger partial charge >= 0.3 is 0 Å². The summed E-state index contributed by atoms with van der Waals surface area (Å²) < 4.78 is 0. The fraction of sp³-hybridized carbons (Fsp3) is 0.833. The Morgan fingerprint density at radius 3 is 2.65 bits per heavy atom. The highest BCUT2D eigenvalue weighted by molar-refractivity contribution is 7.99. The highest BCUT2D eigenvalue weighted by Gasteiger charge is 2.61. The van der Waals surface area contributed by atoms with Crippen LogP contribution in [0.15, 0.2) is 5.16 Å². The van der Waals surface area contributed by atoms with Gasteiger partial charge in [-0.05, 0) is 36.0 Å². The van der Waals surface area contributed by atoms with Crippen LogP contribution in [0, 0.1) is 16.7 Å². The second-order valence-corrected chi connectivity index (χ2v) is 7.39. The molecule has 0 amide bonds. The van der Waals surface area contributed by atoms with Crippen LogP contribution < -0.4 is 5.73 Å². The predicted octanol–water partition coefficient (Wildman–Crippen LogP) is 2.69. The molecule has 0 radical (unpaired) electrons. The summed E-state index contributed by atoms with van der Waals surface area (Å²) in [5, 5.41) is 8.29. The van der Waals surface area contributed by atoms with E-state index in [0.29, 0.717) is 22.0 Å². The molecule has 2 aliphatic rings. The second kappa shape index (κ2) is 3.40. The van der Waals surface area contributed by atoms with Gasteiger partial charge in [0.05, 0.1) is 0 Å². The monoisotopic (exact) mass is 252 g/mol. The summed E-state index contributed by atoms with van der Waals surface area (Å²) in [6, 6.07) is 0. The van der Waals surface area contributed by atoms with Crippen LogP contribution in [0.4, 0.5) is 5.95 Å². The van der Waals surface area contributed by atoms with Crippen LogP contribution in [0.3, 0.4) is 0 Å². The minimum absolute atomic E-state index is 0.414. The lowest BCUT2D eigenvalue weighted by atomic mass is 9.71. The van der Waals surface area contributed by atoms with Gasteiger partial charge in [0, 0.05) is 5.25 Å². The summed E-state index contributed by atoms with van der Waals surface area (Å²) in [6.45, 7) is 7.29. The standard InChI is InChI=1S/C12H20N4S/c1-11(2)7-4-5-12(11,3)8(6-7)17-10-14-9(13)15-16-10/h7-8H,4-6H2,1-3H3,(H3,13,14,15,16)/t7-,8?,12?/m1/s1. The van der Waals surface area contributed by atoms with E-state index < -0.39 is 0 Å². The Kier molecular flexibility index (Phi) is 2.28. The Labute approximate surface area is 106 Å². The van der Waals surface area contributed by atoms with Gasteiger partial charge in [0.25, 0.3) is 0 Å². The lowest BCUT2D eigenvalue weighted by molar-refractivity contribution is 0.156. The number of thioether (sulfide) groups is 1. The first-order valence-electron chi connectivity index (χ1n) is 6.28. The van der Waals surface area contributed by atoms with E-state index in [-0.39, 0.29) is 0 Å². The highest BCUT2D eigenvalue weighted by atomic mass is 32.2. The molecule has 1 aromatic heterocycles. The quantitative estimate of drug-likeness (QED) is 0.849. The molecule has 3 rings (SSSR count). The largest absolute Gasteiger partial charge is 0.368 e. The van der Waals surface area contributed by atoms with Gasteiger partial charge in [-0.25, -0.2) is 5.10 Å². The molecule has 94 valence electrons. The van der Waals surface area contributed by atoms with Crippen LogP contribution in [0.25, 0.3) is 0 Å². The summed E-state index contributed by atoms with van der Waals surface area (Å²) in [7, 11) is 0. The van der Waals surface area contributed by atoms with E-state index in [1.165, 1.54) is 19.3 Å². The molecule has 4 nitrogen and oxygen atoms in total. The number of aromatic nitrogens is 3. The van der Waals surface area contributed by atoms with Gasteiger partial charge in [0.2, 0.25) is 11.1 Å². The molecule has 0 spiro atoms. The molecule has 1 aromatic rings. The van der Waals surface area contributed by atoms with Gasteiger partial charge in [-0.15, -0.1) is 5.10 Å². The third-order valence-electron chi connectivity index (χ3n) is 5.44. The van der Waals surface area contributed by atoms with Crippen LogP contribution in [-0.4, -0.2) is 20.4 Å². The Bertz CT molecular complexity index is 441. The maximum absolute atomic E-state index is 5.57. The van der Waals surface area contributed by atoms with Crippen molar-refractivity contribution in [2.45, 2.75) is 50.4 Å². The van der Waals surface area contributed by atoms with Crippen molar-refractivity contribution in [3.63, 3.8) is 0 Å². The molecule has 0 aliphatic heterocycles. The van der Waals surface area contributed by atoms with Crippen molar-refractivity contribution in [1.82, 2.24) is 15.2 Å². The molecule has 1 heterocycles. The summed E-state index contributed by atoms with van der Waals surface area (Å²) in [6.07, 6.45) is 4.02. The molecule has 2 bridgehead atoms. The Balaban J connectivity index is 1.83. The zero-order valence-electron chi connectivity index (χ0n) is 10.7. The van der Waals surface area contributed by atoms with Crippen molar-refractivity contribution in [3.05, 3.63) is 0 Å². The molecule has 0 saturated heterocycles. The first kappa shape index (κ1) is 11.4. The first-order valence-corrected chi connectivity index (χ1v) is 7.16. The third-order valence-corrected chi connectivity index (χ3v) is 6.83. The van der Waals surface area contributed by atoms with Crippen LogP contribution in [0.5, 0.6) is 0 Å². The highest BCUT2D eigenvalue weighted by Crippen LogP contribution is 2.68. The molecule has 2 saturated carbocycles. The number of hydrogen-bond acceptors (Lipinski definition) is 4. The van der Waals surface area contributed by atoms with Gasteiger partial charge in [-0.1, -0.05) is 32.5 Å². The number of hydrogen-bond donors (Lipinski definition) is 2. The van der Waals surface area contributed by atoms with Gasteiger partial charge in [0.15, 0.2) is 0 Å². The van der Waals surface area contributed by atoms with Gasteiger partial charge in [-0.3, -0.25) is 0 Å². The maximum atomic E-state index is 5.57. The van der Waals surface area contributed by atoms with E-state index in [1.807, 2.05) is 0 Å². The van der Waals surface area contributed by atoms with Crippen molar-refractivity contribution in [1.29, 1.82) is 0 Å². The molecule has 0 aromatic carbocycles. The van der Waals surface area contributed by atoms with E-state index in [0.717, 1.165) is 11.1 Å². The first-order chi connectivity index (χ1) is 7.93. The number of nitrogens with two attached hydrogens (primary N) is 1.